The zero-order valence-electron chi connectivity index (χ0n) is 18.9. The van der Waals surface area contributed by atoms with E-state index >= 15 is 0 Å². The molecule has 7 nitrogen and oxygen atoms in total. The molecule has 2 saturated heterocycles. The van der Waals surface area contributed by atoms with E-state index < -0.39 is 10.0 Å². The summed E-state index contributed by atoms with van der Waals surface area (Å²) in [4.78, 5) is 15.6. The van der Waals surface area contributed by atoms with E-state index in [2.05, 4.69) is 0 Å². The highest BCUT2D eigenvalue weighted by Crippen LogP contribution is 2.40. The number of ether oxygens (including phenoxy) is 2. The number of methoxy groups -OCH3 is 2. The lowest BCUT2D eigenvalue weighted by molar-refractivity contribution is -0.137. The number of nitrogens with zero attached hydrogens (tertiary/aromatic N) is 2. The third-order valence-electron chi connectivity index (χ3n) is 6.59. The number of amides is 1. The van der Waals surface area contributed by atoms with Gasteiger partial charge in [-0.2, -0.15) is 4.31 Å². The van der Waals surface area contributed by atoms with Gasteiger partial charge in [-0.3, -0.25) is 4.79 Å². The monoisotopic (exact) mass is 492 g/mol. The van der Waals surface area contributed by atoms with Gasteiger partial charge in [0.15, 0.2) is 0 Å². The summed E-state index contributed by atoms with van der Waals surface area (Å²) in [7, 11) is -0.363. The number of likely N-dealkylation sites (tertiary alicyclic amines) is 1. The van der Waals surface area contributed by atoms with Crippen molar-refractivity contribution in [2.45, 2.75) is 36.6 Å². The highest BCUT2D eigenvalue weighted by atomic mass is 35.5. The molecule has 1 atom stereocenters. The van der Waals surface area contributed by atoms with Crippen LogP contribution in [0.25, 0.3) is 0 Å². The summed E-state index contributed by atoms with van der Waals surface area (Å²) in [6.45, 7) is 1.35. The fraction of sp³-hybridized carbons (Fsp3) is 0.458. The molecule has 0 saturated carbocycles. The maximum Gasteiger partial charge on any atom is 0.243 e. The Morgan fingerprint density at radius 2 is 1.67 bits per heavy atom. The summed E-state index contributed by atoms with van der Waals surface area (Å²) in [5.41, 5.74) is 0.979. The molecule has 0 N–H and O–H groups in total. The van der Waals surface area contributed by atoms with E-state index in [0.717, 1.165) is 18.4 Å². The number of rotatable bonds is 6. The zero-order valence-corrected chi connectivity index (χ0v) is 20.4. The second-order valence-corrected chi connectivity index (χ2v) is 10.8. The molecule has 2 aromatic rings. The maximum atomic E-state index is 13.4. The molecule has 1 amide bonds. The number of hydrogen-bond acceptors (Lipinski definition) is 5. The fourth-order valence-electron chi connectivity index (χ4n) is 4.78. The van der Waals surface area contributed by atoms with Crippen LogP contribution in [-0.2, 0) is 14.8 Å². The summed E-state index contributed by atoms with van der Waals surface area (Å²) in [6.07, 6.45) is 2.82. The minimum atomic E-state index is -3.59. The van der Waals surface area contributed by atoms with Gasteiger partial charge in [0.25, 0.3) is 0 Å². The maximum absolute atomic E-state index is 13.4. The van der Waals surface area contributed by atoms with Crippen LogP contribution in [0.4, 0.5) is 0 Å². The van der Waals surface area contributed by atoms with Crippen molar-refractivity contribution in [1.29, 1.82) is 0 Å². The number of sulfonamides is 1. The van der Waals surface area contributed by atoms with E-state index in [4.69, 9.17) is 21.1 Å². The van der Waals surface area contributed by atoms with Crippen molar-refractivity contribution in [2.75, 3.05) is 33.9 Å². The van der Waals surface area contributed by atoms with Crippen molar-refractivity contribution in [3.63, 3.8) is 0 Å². The quantitative estimate of drug-likeness (QED) is 0.606. The third kappa shape index (κ3) is 4.83. The summed E-state index contributed by atoms with van der Waals surface area (Å²) < 4.78 is 38.2. The molecule has 0 aliphatic carbocycles. The van der Waals surface area contributed by atoms with Gasteiger partial charge >= 0.3 is 0 Å². The minimum absolute atomic E-state index is 0.0471. The summed E-state index contributed by atoms with van der Waals surface area (Å²) >= 11 is 5.89. The molecule has 0 aromatic heterocycles. The van der Waals surface area contributed by atoms with Crippen LogP contribution >= 0.6 is 11.6 Å². The molecule has 0 radical (unpaired) electrons. The normalized spacial score (nSPS) is 20.1. The van der Waals surface area contributed by atoms with Crippen LogP contribution in [0.1, 0.15) is 37.3 Å². The first kappa shape index (κ1) is 23.9. The zero-order chi connectivity index (χ0) is 23.6. The van der Waals surface area contributed by atoms with Crippen LogP contribution in [0.5, 0.6) is 11.5 Å². The number of hydrogen-bond donors (Lipinski definition) is 0. The van der Waals surface area contributed by atoms with Crippen molar-refractivity contribution in [1.82, 2.24) is 9.21 Å². The molecule has 2 aliphatic rings. The topological polar surface area (TPSA) is 76.2 Å². The highest BCUT2D eigenvalue weighted by Gasteiger charge is 2.38. The van der Waals surface area contributed by atoms with Crippen LogP contribution in [-0.4, -0.2) is 57.4 Å². The van der Waals surface area contributed by atoms with Crippen molar-refractivity contribution in [3.05, 3.63) is 53.1 Å². The second-order valence-electron chi connectivity index (χ2n) is 8.43. The van der Waals surface area contributed by atoms with Crippen molar-refractivity contribution >= 4 is 27.5 Å². The Balaban J connectivity index is 1.45. The van der Waals surface area contributed by atoms with Gasteiger partial charge < -0.3 is 14.4 Å². The number of benzene rings is 2. The molecule has 0 bridgehead atoms. The van der Waals surface area contributed by atoms with Crippen LogP contribution < -0.4 is 9.47 Å². The highest BCUT2D eigenvalue weighted by molar-refractivity contribution is 7.89. The molecule has 33 heavy (non-hydrogen) atoms. The third-order valence-corrected chi connectivity index (χ3v) is 8.75. The lowest BCUT2D eigenvalue weighted by Crippen LogP contribution is -2.44. The summed E-state index contributed by atoms with van der Waals surface area (Å²) in [5, 5.41) is 0.493. The molecule has 0 spiro atoms. The van der Waals surface area contributed by atoms with E-state index in [1.165, 1.54) is 16.4 Å². The average molecular weight is 493 g/mol. The molecule has 9 heteroatoms. The van der Waals surface area contributed by atoms with Gasteiger partial charge in [0, 0.05) is 42.2 Å². The molecular formula is C24H29ClN2O5S. The van der Waals surface area contributed by atoms with Gasteiger partial charge in [0.1, 0.15) is 11.5 Å². The Labute approximate surface area is 200 Å². The SMILES string of the molecule is COc1ccc([C@H]2CCCN2C(=O)C2CCN(S(=O)(=O)c3ccc(Cl)cc3)CC2)c(OC)c1. The average Bonchev–Trinajstić information content (AvgIpc) is 3.33. The molecule has 2 fully saturated rings. The summed E-state index contributed by atoms with van der Waals surface area (Å²) in [6, 6.07) is 11.8. The van der Waals surface area contributed by atoms with Crippen molar-refractivity contribution < 1.29 is 22.7 Å². The van der Waals surface area contributed by atoms with Crippen molar-refractivity contribution in [3.8, 4) is 11.5 Å². The first-order valence-corrected chi connectivity index (χ1v) is 12.9. The minimum Gasteiger partial charge on any atom is -0.497 e. The van der Waals surface area contributed by atoms with E-state index in [-0.39, 0.29) is 22.8 Å². The number of halogens is 1. The molecule has 2 aliphatic heterocycles. The Hall–Kier alpha value is -2.29. The predicted octanol–water partition coefficient (Wildman–Crippen LogP) is 4.12. The van der Waals surface area contributed by atoms with Crippen LogP contribution in [0, 0.1) is 5.92 Å². The molecule has 2 heterocycles. The Morgan fingerprint density at radius 1 is 0.970 bits per heavy atom. The fourth-order valence-corrected chi connectivity index (χ4v) is 6.38. The Bertz CT molecular complexity index is 1100. The first-order chi connectivity index (χ1) is 15.8. The smallest absolute Gasteiger partial charge is 0.243 e. The van der Waals surface area contributed by atoms with E-state index in [1.807, 2.05) is 23.1 Å². The number of piperidine rings is 1. The predicted molar refractivity (Wildman–Crippen MR) is 126 cm³/mol. The van der Waals surface area contributed by atoms with Gasteiger partial charge in [-0.1, -0.05) is 11.6 Å². The second kappa shape index (κ2) is 9.91. The van der Waals surface area contributed by atoms with Gasteiger partial charge in [-0.05, 0) is 62.1 Å². The summed E-state index contributed by atoms with van der Waals surface area (Å²) in [5.74, 6) is 1.33. The molecule has 0 unspecified atom stereocenters. The van der Waals surface area contributed by atoms with Crippen LogP contribution in [0.15, 0.2) is 47.4 Å². The van der Waals surface area contributed by atoms with E-state index in [9.17, 15) is 13.2 Å². The molecule has 178 valence electrons. The van der Waals surface area contributed by atoms with Gasteiger partial charge in [0.2, 0.25) is 15.9 Å². The standard InChI is InChI=1S/C24H29ClN2O5S/c1-31-19-7-10-21(23(16-19)32-2)22-4-3-13-27(22)24(28)17-11-14-26(15-12-17)33(29,30)20-8-5-18(25)6-9-20/h5-10,16-17,22H,3-4,11-15H2,1-2H3/t22-/m1/s1. The lowest BCUT2D eigenvalue weighted by Gasteiger charge is -2.34. The molecule has 4 rings (SSSR count). The molecule has 2 aromatic carbocycles. The Morgan fingerprint density at radius 3 is 2.30 bits per heavy atom. The van der Waals surface area contributed by atoms with Crippen LogP contribution in [0.2, 0.25) is 5.02 Å². The lowest BCUT2D eigenvalue weighted by atomic mass is 9.95. The molecular weight excluding hydrogens is 464 g/mol. The largest absolute Gasteiger partial charge is 0.497 e. The van der Waals surface area contributed by atoms with Crippen LogP contribution in [0.3, 0.4) is 0 Å². The van der Waals surface area contributed by atoms with Gasteiger partial charge in [0.05, 0.1) is 25.2 Å². The number of carbonyl (C=O) groups excluding carboxylic acids is 1. The first-order valence-electron chi connectivity index (χ1n) is 11.1. The number of carbonyl (C=O) groups is 1. The Kier molecular flexibility index (Phi) is 7.16. The van der Waals surface area contributed by atoms with Gasteiger partial charge in [-0.15, -0.1) is 0 Å². The van der Waals surface area contributed by atoms with Crippen molar-refractivity contribution in [2.24, 2.45) is 5.92 Å². The van der Waals surface area contributed by atoms with E-state index in [0.29, 0.717) is 49.0 Å². The van der Waals surface area contributed by atoms with Gasteiger partial charge in [-0.25, -0.2) is 8.42 Å². The van der Waals surface area contributed by atoms with E-state index in [1.54, 1.807) is 26.4 Å².